The fourth-order valence-corrected chi connectivity index (χ4v) is 4.90. The molecule has 7 heteroatoms. The second kappa shape index (κ2) is 7.56. The van der Waals surface area contributed by atoms with E-state index < -0.39 is 0 Å². The highest BCUT2D eigenvalue weighted by atomic mass is 79.9. The molecule has 1 aliphatic heterocycles. The van der Waals surface area contributed by atoms with Gasteiger partial charge in [-0.15, -0.1) is 11.3 Å². The summed E-state index contributed by atoms with van der Waals surface area (Å²) in [7, 11) is 0. The average Bonchev–Trinajstić information content (AvgIpc) is 2.99. The van der Waals surface area contributed by atoms with Crippen LogP contribution in [-0.2, 0) is 0 Å². The molecule has 140 valence electrons. The number of anilines is 2. The Bertz CT molecular complexity index is 986. The molecule has 1 atom stereocenters. The van der Waals surface area contributed by atoms with Crippen LogP contribution in [-0.4, -0.2) is 29.0 Å². The van der Waals surface area contributed by atoms with E-state index >= 15 is 0 Å². The van der Waals surface area contributed by atoms with Gasteiger partial charge < -0.3 is 10.2 Å². The van der Waals surface area contributed by atoms with Crippen LogP contribution >= 0.6 is 27.3 Å². The minimum absolute atomic E-state index is 0.109. The lowest BCUT2D eigenvalue weighted by atomic mass is 10.00. The van der Waals surface area contributed by atoms with E-state index in [1.165, 1.54) is 6.42 Å². The van der Waals surface area contributed by atoms with Gasteiger partial charge in [-0.25, -0.2) is 9.97 Å². The van der Waals surface area contributed by atoms with Crippen LogP contribution in [0.5, 0.6) is 0 Å². The Morgan fingerprint density at radius 2 is 2.07 bits per heavy atom. The standard InChI is InChI=1S/C20H21BrN4OS/c1-12-4-3-9-25(10-12)18-17-16(13(2)27-20(17)23-11-22-18)19(26)24-15-7-5-14(21)6-8-15/h5-8,11-12H,3-4,9-10H2,1-2H3,(H,24,26)/t12-/m0/s1. The lowest BCUT2D eigenvalue weighted by Crippen LogP contribution is -2.35. The number of thiophene rings is 1. The predicted octanol–water partition coefficient (Wildman–Crippen LogP) is 5.25. The average molecular weight is 445 g/mol. The lowest BCUT2D eigenvalue weighted by molar-refractivity contribution is 0.102. The molecule has 3 heterocycles. The number of nitrogens with one attached hydrogen (secondary N) is 1. The van der Waals surface area contributed by atoms with E-state index in [1.54, 1.807) is 17.7 Å². The molecule has 1 aromatic carbocycles. The number of aromatic nitrogens is 2. The third-order valence-electron chi connectivity index (χ3n) is 4.93. The lowest BCUT2D eigenvalue weighted by Gasteiger charge is -2.32. The van der Waals surface area contributed by atoms with Crippen LogP contribution in [0.1, 0.15) is 35.0 Å². The Labute approximate surface area is 171 Å². The molecule has 4 rings (SSSR count). The van der Waals surface area contributed by atoms with Crippen molar-refractivity contribution in [1.82, 2.24) is 9.97 Å². The van der Waals surface area contributed by atoms with Gasteiger partial charge in [0.25, 0.3) is 5.91 Å². The number of halogens is 1. The van der Waals surface area contributed by atoms with Gasteiger partial charge in [-0.3, -0.25) is 4.79 Å². The van der Waals surface area contributed by atoms with E-state index in [9.17, 15) is 4.79 Å². The fraction of sp³-hybridized carbons (Fsp3) is 0.350. The van der Waals surface area contributed by atoms with Gasteiger partial charge >= 0.3 is 0 Å². The molecule has 27 heavy (non-hydrogen) atoms. The van der Waals surface area contributed by atoms with Gasteiger partial charge in [0, 0.05) is 28.1 Å². The molecule has 1 aliphatic rings. The van der Waals surface area contributed by atoms with E-state index in [-0.39, 0.29) is 5.91 Å². The van der Waals surface area contributed by atoms with Gasteiger partial charge in [0.2, 0.25) is 0 Å². The van der Waals surface area contributed by atoms with E-state index in [4.69, 9.17) is 0 Å². The normalized spacial score (nSPS) is 17.3. The first-order valence-corrected chi connectivity index (χ1v) is 10.7. The molecule has 1 fully saturated rings. The summed E-state index contributed by atoms with van der Waals surface area (Å²) in [5.74, 6) is 1.41. The van der Waals surface area contributed by atoms with Crippen LogP contribution in [0.3, 0.4) is 0 Å². The van der Waals surface area contributed by atoms with Crippen LogP contribution in [0.25, 0.3) is 10.2 Å². The first-order chi connectivity index (χ1) is 13.0. The second-order valence-corrected chi connectivity index (χ2v) is 9.18. The van der Waals surface area contributed by atoms with Crippen molar-refractivity contribution in [2.45, 2.75) is 26.7 Å². The van der Waals surface area contributed by atoms with Crippen molar-refractivity contribution in [1.29, 1.82) is 0 Å². The largest absolute Gasteiger partial charge is 0.356 e. The molecule has 0 unspecified atom stereocenters. The third kappa shape index (κ3) is 3.71. The van der Waals surface area contributed by atoms with Gasteiger partial charge in [-0.2, -0.15) is 0 Å². The minimum Gasteiger partial charge on any atom is -0.356 e. The van der Waals surface area contributed by atoms with Gasteiger partial charge in [0.1, 0.15) is 17.0 Å². The summed E-state index contributed by atoms with van der Waals surface area (Å²) in [5.41, 5.74) is 1.46. The number of hydrogen-bond donors (Lipinski definition) is 1. The number of piperidine rings is 1. The summed E-state index contributed by atoms with van der Waals surface area (Å²) in [4.78, 5) is 26.3. The summed E-state index contributed by atoms with van der Waals surface area (Å²) in [6, 6.07) is 7.60. The molecule has 3 aromatic rings. The summed E-state index contributed by atoms with van der Waals surface area (Å²) >= 11 is 4.97. The molecule has 0 saturated carbocycles. The maximum atomic E-state index is 13.1. The van der Waals surface area contributed by atoms with Crippen LogP contribution in [0.15, 0.2) is 35.1 Å². The van der Waals surface area contributed by atoms with Crippen LogP contribution < -0.4 is 10.2 Å². The molecule has 5 nitrogen and oxygen atoms in total. The van der Waals surface area contributed by atoms with Crippen LogP contribution in [0.4, 0.5) is 11.5 Å². The van der Waals surface area contributed by atoms with Gasteiger partial charge in [0.15, 0.2) is 0 Å². The number of carbonyl (C=O) groups is 1. The number of rotatable bonds is 3. The van der Waals surface area contributed by atoms with Gasteiger partial charge in [-0.1, -0.05) is 22.9 Å². The Morgan fingerprint density at radius 3 is 2.81 bits per heavy atom. The van der Waals surface area contributed by atoms with Crippen molar-refractivity contribution in [2.24, 2.45) is 5.92 Å². The SMILES string of the molecule is Cc1sc2ncnc(N3CCC[C@H](C)C3)c2c1C(=O)Nc1ccc(Br)cc1. The van der Waals surface area contributed by atoms with Crippen molar-refractivity contribution < 1.29 is 4.79 Å². The van der Waals surface area contributed by atoms with Crippen molar-refractivity contribution in [3.63, 3.8) is 0 Å². The van der Waals surface area contributed by atoms with Crippen molar-refractivity contribution in [3.05, 3.63) is 45.5 Å². The summed E-state index contributed by atoms with van der Waals surface area (Å²) in [6.07, 6.45) is 4.00. The molecule has 1 amide bonds. The monoisotopic (exact) mass is 444 g/mol. The topological polar surface area (TPSA) is 58.1 Å². The molecular formula is C20H21BrN4OS. The van der Waals surface area contributed by atoms with E-state index in [0.29, 0.717) is 11.5 Å². The molecule has 0 radical (unpaired) electrons. The van der Waals surface area contributed by atoms with Gasteiger partial charge in [-0.05, 0) is 49.9 Å². The smallest absolute Gasteiger partial charge is 0.257 e. The van der Waals surface area contributed by atoms with Crippen LogP contribution in [0, 0.1) is 12.8 Å². The van der Waals surface area contributed by atoms with Crippen molar-refractivity contribution in [2.75, 3.05) is 23.3 Å². The maximum Gasteiger partial charge on any atom is 0.257 e. The number of benzene rings is 1. The van der Waals surface area contributed by atoms with Crippen LogP contribution in [0.2, 0.25) is 0 Å². The first-order valence-electron chi connectivity index (χ1n) is 9.09. The van der Waals surface area contributed by atoms with Gasteiger partial charge in [0.05, 0.1) is 10.9 Å². The Hall–Kier alpha value is -1.99. The number of carbonyl (C=O) groups excluding carboxylic acids is 1. The quantitative estimate of drug-likeness (QED) is 0.598. The Balaban J connectivity index is 1.74. The number of nitrogens with zero attached hydrogens (tertiary/aromatic N) is 3. The molecule has 0 bridgehead atoms. The maximum absolute atomic E-state index is 13.1. The zero-order valence-electron chi connectivity index (χ0n) is 15.3. The molecule has 2 aromatic heterocycles. The van der Waals surface area contributed by atoms with E-state index in [1.807, 2.05) is 31.2 Å². The van der Waals surface area contributed by atoms with E-state index in [0.717, 1.165) is 50.6 Å². The minimum atomic E-state index is -0.109. The van der Waals surface area contributed by atoms with Crippen molar-refractivity contribution in [3.8, 4) is 0 Å². The molecule has 0 spiro atoms. The summed E-state index contributed by atoms with van der Waals surface area (Å²) in [6.45, 7) is 6.18. The fourth-order valence-electron chi connectivity index (χ4n) is 3.65. The summed E-state index contributed by atoms with van der Waals surface area (Å²) in [5, 5.41) is 3.89. The number of amides is 1. The highest BCUT2D eigenvalue weighted by molar-refractivity contribution is 9.10. The molecular weight excluding hydrogens is 424 g/mol. The highest BCUT2D eigenvalue weighted by Crippen LogP contribution is 2.36. The Kier molecular flexibility index (Phi) is 5.14. The predicted molar refractivity (Wildman–Crippen MR) is 115 cm³/mol. The highest BCUT2D eigenvalue weighted by Gasteiger charge is 2.25. The number of hydrogen-bond acceptors (Lipinski definition) is 5. The first kappa shape index (κ1) is 18.4. The molecule has 1 saturated heterocycles. The third-order valence-corrected chi connectivity index (χ3v) is 6.47. The molecule has 1 N–H and O–H groups in total. The van der Waals surface area contributed by atoms with E-state index in [2.05, 4.69) is 43.0 Å². The zero-order valence-corrected chi connectivity index (χ0v) is 17.7. The molecule has 0 aliphatic carbocycles. The number of fused-ring (bicyclic) bond motifs is 1. The number of aryl methyl sites for hydroxylation is 1. The summed E-state index contributed by atoms with van der Waals surface area (Å²) < 4.78 is 0.979. The Morgan fingerprint density at radius 1 is 1.30 bits per heavy atom. The van der Waals surface area contributed by atoms with Crippen molar-refractivity contribution >= 4 is 54.9 Å². The zero-order chi connectivity index (χ0) is 19.0. The second-order valence-electron chi connectivity index (χ2n) is 7.07.